The highest BCUT2D eigenvalue weighted by atomic mass is 16.4. The highest BCUT2D eigenvalue weighted by Gasteiger charge is 2.12. The Balaban J connectivity index is 3.54. The van der Waals surface area contributed by atoms with Crippen LogP contribution in [0.15, 0.2) is 0 Å². The Morgan fingerprint density at radius 3 is 1.44 bits per heavy atom. The second kappa shape index (κ2) is 33.1. The predicted molar refractivity (Wildman–Crippen MR) is 197 cm³/mol. The summed E-state index contributed by atoms with van der Waals surface area (Å²) < 4.78 is 0. The van der Waals surface area contributed by atoms with Gasteiger partial charge in [-0.05, 0) is 65.2 Å². The molecule has 10 nitrogen and oxygen atoms in total. The number of hydrogen-bond donors (Lipinski definition) is 5. The fourth-order valence-electron chi connectivity index (χ4n) is 5.84. The Bertz CT molecular complexity index is 860. The summed E-state index contributed by atoms with van der Waals surface area (Å²) in [7, 11) is 0.775. The van der Waals surface area contributed by atoms with E-state index >= 15 is 0 Å². The quantitative estimate of drug-likeness (QED) is 0.0379. The van der Waals surface area contributed by atoms with Gasteiger partial charge in [0.15, 0.2) is 7.41 Å². The smallest absolute Gasteiger partial charge is 0.303 e. The lowest BCUT2D eigenvalue weighted by atomic mass is 9.94. The average Bonchev–Trinajstić information content (AvgIpc) is 3.04. The number of rotatable bonds is 35. The number of carbonyl (C=O) groups is 5. The summed E-state index contributed by atoms with van der Waals surface area (Å²) in [6.45, 7) is 6.79. The van der Waals surface area contributed by atoms with Crippen molar-refractivity contribution in [2.24, 2.45) is 0 Å². The van der Waals surface area contributed by atoms with Crippen LogP contribution < -0.4 is 21.2 Å². The maximum Gasteiger partial charge on any atom is 0.303 e. The minimum absolute atomic E-state index is 0.0000414. The van der Waals surface area contributed by atoms with Gasteiger partial charge in [0.25, 0.3) is 0 Å². The van der Waals surface area contributed by atoms with Gasteiger partial charge in [-0.25, -0.2) is 0 Å². The maximum atomic E-state index is 12.3. The van der Waals surface area contributed by atoms with Crippen molar-refractivity contribution in [3.8, 4) is 0 Å². The van der Waals surface area contributed by atoms with E-state index in [0.717, 1.165) is 78.0 Å². The van der Waals surface area contributed by atoms with E-state index in [0.29, 0.717) is 45.2 Å². The molecule has 11 heteroatoms. The molecule has 0 aliphatic rings. The SMILES string of the molecule is CBN[C@@H](CCCCNC(=O)CCCCCNC(=O)CC[C@@H](C)NC(=O)CCCCCCCCCCCCCCCCC(=O)O)C(C)=O. The Kier molecular flexibility index (Phi) is 31.4. The first-order valence-corrected chi connectivity index (χ1v) is 19.4. The molecule has 0 aliphatic heterocycles. The molecule has 0 heterocycles. The molecule has 5 N–H and O–H groups in total. The zero-order valence-corrected chi connectivity index (χ0v) is 30.9. The average molecular weight is 679 g/mol. The summed E-state index contributed by atoms with van der Waals surface area (Å²) in [5, 5.41) is 20.7. The second-order valence-corrected chi connectivity index (χ2v) is 13.6. The van der Waals surface area contributed by atoms with E-state index in [9.17, 15) is 24.0 Å². The molecule has 0 bridgehead atoms. The van der Waals surface area contributed by atoms with Gasteiger partial charge in [-0.1, -0.05) is 90.3 Å². The zero-order chi connectivity index (χ0) is 35.7. The molecule has 0 aromatic heterocycles. The maximum absolute atomic E-state index is 12.3. The molecule has 0 radical (unpaired) electrons. The number of hydrogen-bond acceptors (Lipinski definition) is 6. The third kappa shape index (κ3) is 32.1. The van der Waals surface area contributed by atoms with Gasteiger partial charge in [0.05, 0.1) is 6.04 Å². The summed E-state index contributed by atoms with van der Waals surface area (Å²) in [6.07, 6.45) is 23.7. The van der Waals surface area contributed by atoms with Crippen LogP contribution >= 0.6 is 0 Å². The van der Waals surface area contributed by atoms with Gasteiger partial charge in [-0.15, -0.1) is 0 Å². The number of Topliss-reactive ketones (excluding diaryl/α,β-unsaturated/α-hetero) is 1. The number of nitrogens with one attached hydrogen (secondary N) is 4. The first-order valence-electron chi connectivity index (χ1n) is 19.4. The molecule has 0 rings (SSSR count). The monoisotopic (exact) mass is 679 g/mol. The molecule has 2 atom stereocenters. The molecular weight excluding hydrogens is 607 g/mol. The summed E-state index contributed by atoms with van der Waals surface area (Å²) in [4.78, 5) is 58.5. The standard InChI is InChI=1S/C37H71BN4O6/c1-31(41-36(46)25-17-14-12-10-8-6-4-5-7-9-11-13-15-19-26-37(47)48)27-28-35(45)40-29-21-16-18-24-34(44)39-30-22-20-23-33(32(2)43)42-38-3/h31,33,38,42H,4-30H2,1-3H3,(H,39,44)(H,40,45)(H,41,46)(H,47,48)/t31-,33+/m1/s1. The van der Waals surface area contributed by atoms with Gasteiger partial charge in [0.2, 0.25) is 17.7 Å². The van der Waals surface area contributed by atoms with Crippen molar-refractivity contribution >= 4 is 36.9 Å². The van der Waals surface area contributed by atoms with Gasteiger partial charge in [-0.3, -0.25) is 24.0 Å². The van der Waals surface area contributed by atoms with Crippen molar-refractivity contribution in [2.75, 3.05) is 13.1 Å². The van der Waals surface area contributed by atoms with Gasteiger partial charge in [0.1, 0.15) is 5.78 Å². The van der Waals surface area contributed by atoms with Crippen molar-refractivity contribution in [1.29, 1.82) is 0 Å². The highest BCUT2D eigenvalue weighted by Crippen LogP contribution is 2.14. The topological polar surface area (TPSA) is 154 Å². The molecule has 3 amide bonds. The molecular formula is C37H71BN4O6. The van der Waals surface area contributed by atoms with Crippen LogP contribution in [0.3, 0.4) is 0 Å². The van der Waals surface area contributed by atoms with E-state index in [-0.39, 0.29) is 35.6 Å². The minimum Gasteiger partial charge on any atom is -0.481 e. The molecule has 0 fully saturated rings. The zero-order valence-electron chi connectivity index (χ0n) is 30.9. The number of carbonyl (C=O) groups excluding carboxylic acids is 4. The van der Waals surface area contributed by atoms with Gasteiger partial charge < -0.3 is 26.3 Å². The molecule has 0 aromatic rings. The fourth-order valence-corrected chi connectivity index (χ4v) is 5.84. The van der Waals surface area contributed by atoms with Crippen molar-refractivity contribution < 1.29 is 29.1 Å². The fraction of sp³-hybridized carbons (Fsp3) is 0.865. The summed E-state index contributed by atoms with van der Waals surface area (Å²) in [5.41, 5.74) is 0. The number of unbranched alkanes of at least 4 members (excludes halogenated alkanes) is 16. The third-order valence-electron chi connectivity index (χ3n) is 8.84. The normalized spacial score (nSPS) is 12.2. The summed E-state index contributed by atoms with van der Waals surface area (Å²) in [6, 6.07) is -0.113. The number of carboxylic acids is 1. The lowest BCUT2D eigenvalue weighted by molar-refractivity contribution is -0.137. The van der Waals surface area contributed by atoms with E-state index in [2.05, 4.69) is 21.2 Å². The minimum atomic E-state index is -0.688. The van der Waals surface area contributed by atoms with Crippen LogP contribution in [0.2, 0.25) is 6.82 Å². The molecule has 0 saturated carbocycles. The van der Waals surface area contributed by atoms with E-state index in [1.165, 1.54) is 57.8 Å². The highest BCUT2D eigenvalue weighted by molar-refractivity contribution is 6.30. The van der Waals surface area contributed by atoms with E-state index in [1.54, 1.807) is 6.92 Å². The largest absolute Gasteiger partial charge is 0.481 e. The van der Waals surface area contributed by atoms with Crippen molar-refractivity contribution in [3.63, 3.8) is 0 Å². The number of carboxylic acid groups (broad SMARTS) is 1. The van der Waals surface area contributed by atoms with Crippen LogP contribution in [0.4, 0.5) is 0 Å². The predicted octanol–water partition coefficient (Wildman–Crippen LogP) is 6.51. The van der Waals surface area contributed by atoms with Crippen LogP contribution in [-0.2, 0) is 24.0 Å². The van der Waals surface area contributed by atoms with Gasteiger partial charge in [-0.2, -0.15) is 0 Å². The summed E-state index contributed by atoms with van der Waals surface area (Å²) in [5.74, 6) is -0.403. The molecule has 0 unspecified atom stereocenters. The Labute approximate surface area is 293 Å². The lowest BCUT2D eigenvalue weighted by Crippen LogP contribution is -2.36. The van der Waals surface area contributed by atoms with Crippen LogP contribution in [0, 0.1) is 0 Å². The van der Waals surface area contributed by atoms with Gasteiger partial charge >= 0.3 is 5.97 Å². The molecule has 0 spiro atoms. The van der Waals surface area contributed by atoms with Crippen LogP contribution in [0.5, 0.6) is 0 Å². The summed E-state index contributed by atoms with van der Waals surface area (Å²) >= 11 is 0. The first-order chi connectivity index (χ1) is 23.1. The molecule has 278 valence electrons. The number of aliphatic carboxylic acids is 1. The first kappa shape index (κ1) is 45.6. The van der Waals surface area contributed by atoms with Crippen molar-refractivity contribution in [3.05, 3.63) is 0 Å². The number of ketones is 1. The van der Waals surface area contributed by atoms with E-state index in [1.807, 2.05) is 13.7 Å². The van der Waals surface area contributed by atoms with Crippen LogP contribution in [-0.4, -0.2) is 67.2 Å². The Hall–Kier alpha value is -2.43. The molecule has 48 heavy (non-hydrogen) atoms. The van der Waals surface area contributed by atoms with E-state index in [4.69, 9.17) is 5.11 Å². The lowest BCUT2D eigenvalue weighted by Gasteiger charge is -2.14. The van der Waals surface area contributed by atoms with Crippen LogP contribution in [0.1, 0.15) is 174 Å². The van der Waals surface area contributed by atoms with Crippen LogP contribution in [0.25, 0.3) is 0 Å². The molecule has 0 saturated heterocycles. The van der Waals surface area contributed by atoms with E-state index < -0.39 is 5.97 Å². The molecule has 0 aliphatic carbocycles. The van der Waals surface area contributed by atoms with Crippen molar-refractivity contribution in [2.45, 2.75) is 193 Å². The Morgan fingerprint density at radius 2 is 0.958 bits per heavy atom. The van der Waals surface area contributed by atoms with Crippen molar-refractivity contribution in [1.82, 2.24) is 21.2 Å². The second-order valence-electron chi connectivity index (χ2n) is 13.6. The number of amides is 3. The Morgan fingerprint density at radius 1 is 0.542 bits per heavy atom. The molecule has 0 aromatic carbocycles. The van der Waals surface area contributed by atoms with Gasteiger partial charge in [0, 0.05) is 44.8 Å². The third-order valence-corrected chi connectivity index (χ3v) is 8.84.